The zero-order valence-electron chi connectivity index (χ0n) is 21.6. The van der Waals surface area contributed by atoms with Crippen molar-refractivity contribution in [3.63, 3.8) is 0 Å². The van der Waals surface area contributed by atoms with E-state index in [4.69, 9.17) is 0 Å². The van der Waals surface area contributed by atoms with E-state index in [0.717, 1.165) is 74.4 Å². The first-order valence-electron chi connectivity index (χ1n) is 12.5. The van der Waals surface area contributed by atoms with Crippen molar-refractivity contribution in [1.29, 1.82) is 0 Å². The first kappa shape index (κ1) is 27.5. The zero-order valence-corrected chi connectivity index (χ0v) is 24.8. The summed E-state index contributed by atoms with van der Waals surface area (Å²) in [5.74, 6) is 0. The maximum Gasteiger partial charge on any atom is 0.324 e. The summed E-state index contributed by atoms with van der Waals surface area (Å²) in [5, 5.41) is 22.0. The molecule has 0 unspecified atom stereocenters. The van der Waals surface area contributed by atoms with Gasteiger partial charge in [-0.3, -0.25) is 20.2 Å². The topological polar surface area (TPSA) is 118 Å². The maximum atomic E-state index is 10.9. The molecule has 0 aliphatic heterocycles. The van der Waals surface area contributed by atoms with E-state index in [2.05, 4.69) is 46.4 Å². The van der Waals surface area contributed by atoms with E-state index in [1.165, 1.54) is 12.1 Å². The Balaban J connectivity index is 1.05. The Kier molecular flexibility index (Phi) is 7.93. The number of nitrogens with one attached hydrogen (secondary N) is 2. The first-order chi connectivity index (χ1) is 20.4. The molecule has 208 valence electrons. The van der Waals surface area contributed by atoms with Crippen LogP contribution in [-0.2, 0) is 0 Å². The van der Waals surface area contributed by atoms with Crippen LogP contribution in [0.4, 0.5) is 10.0 Å². The molecule has 8 nitrogen and oxygen atoms in total. The van der Waals surface area contributed by atoms with E-state index in [1.807, 2.05) is 48.6 Å². The second-order valence-electron chi connectivity index (χ2n) is 8.96. The average molecular weight is 629 g/mol. The molecule has 6 aromatic heterocycles. The Morgan fingerprint density at radius 1 is 0.476 bits per heavy atom. The molecule has 0 aliphatic rings. The van der Waals surface area contributed by atoms with Crippen molar-refractivity contribution in [2.45, 2.75) is 0 Å². The molecule has 6 aromatic rings. The largest absolute Gasteiger partial charge is 0.354 e. The molecule has 0 fully saturated rings. The van der Waals surface area contributed by atoms with E-state index in [1.54, 1.807) is 34.8 Å². The van der Waals surface area contributed by atoms with E-state index in [0.29, 0.717) is 0 Å². The van der Waals surface area contributed by atoms with Gasteiger partial charge in [-0.15, -0.1) is 22.7 Å². The molecule has 0 bridgehead atoms. The van der Waals surface area contributed by atoms with E-state index in [-0.39, 0.29) is 19.8 Å². The Morgan fingerprint density at radius 2 is 0.786 bits per heavy atom. The average Bonchev–Trinajstić information content (AvgIpc) is 3.79. The Hall–Kier alpha value is -4.62. The van der Waals surface area contributed by atoms with Crippen LogP contribution in [0, 0.1) is 20.2 Å². The molecule has 0 radical (unpaired) electrons. The summed E-state index contributed by atoms with van der Waals surface area (Å²) in [6.07, 6.45) is 15.9. The summed E-state index contributed by atoms with van der Waals surface area (Å²) in [7, 11) is 0. The van der Waals surface area contributed by atoms with Gasteiger partial charge in [0.25, 0.3) is 0 Å². The lowest BCUT2D eigenvalue weighted by Crippen LogP contribution is -1.80. The van der Waals surface area contributed by atoms with Gasteiger partial charge >= 0.3 is 10.0 Å². The van der Waals surface area contributed by atoms with Crippen LogP contribution in [0.1, 0.15) is 40.7 Å². The highest BCUT2D eigenvalue weighted by Crippen LogP contribution is 2.29. The lowest BCUT2D eigenvalue weighted by Gasteiger charge is -1.88. The second kappa shape index (κ2) is 12.1. The fourth-order valence-corrected chi connectivity index (χ4v) is 7.14. The summed E-state index contributed by atoms with van der Waals surface area (Å²) in [6, 6.07) is 18.9. The number of H-pyrrole nitrogens is 2. The van der Waals surface area contributed by atoms with Gasteiger partial charge in [0.2, 0.25) is 0 Å². The highest BCUT2D eigenvalue weighted by Gasteiger charge is 2.09. The Morgan fingerprint density at radius 3 is 1.12 bits per heavy atom. The van der Waals surface area contributed by atoms with Crippen molar-refractivity contribution in [2.24, 2.45) is 0 Å². The second-order valence-corrected chi connectivity index (χ2v) is 13.4. The minimum atomic E-state index is -0.371. The standard InChI is InChI=1S/C30H20N4O4S4/c35-33(36)29-15-13-25(41-29)11-9-23-7-5-21(39-23)3-1-19-17-27-28(31-19)18-20(32-27)2-4-22-6-8-24(40-22)10-12-26-14-16-30(42-26)34(37)38/h1-18,31-32H/b3-1+,4-2+,11-9+,12-10+. The maximum absolute atomic E-state index is 10.9. The third kappa shape index (κ3) is 6.64. The highest BCUT2D eigenvalue weighted by molar-refractivity contribution is 7.17. The van der Waals surface area contributed by atoms with Crippen LogP contribution in [0.25, 0.3) is 59.6 Å². The van der Waals surface area contributed by atoms with Gasteiger partial charge in [-0.2, -0.15) is 0 Å². The normalized spacial score (nSPS) is 12.3. The number of thiophene rings is 4. The fraction of sp³-hybridized carbons (Fsp3) is 0. The molecule has 0 saturated heterocycles. The summed E-state index contributed by atoms with van der Waals surface area (Å²) < 4.78 is 0. The quantitative estimate of drug-likeness (QED) is 0.116. The van der Waals surface area contributed by atoms with Gasteiger partial charge in [-0.25, -0.2) is 0 Å². The molecule has 0 aromatic carbocycles. The van der Waals surface area contributed by atoms with Crippen molar-refractivity contribution in [1.82, 2.24) is 9.97 Å². The van der Waals surface area contributed by atoms with Gasteiger partial charge in [0.1, 0.15) is 0 Å². The van der Waals surface area contributed by atoms with Crippen molar-refractivity contribution in [3.05, 3.63) is 122 Å². The number of fused-ring (bicyclic) bond motifs is 1. The predicted molar refractivity (Wildman–Crippen MR) is 179 cm³/mol. The molecule has 0 amide bonds. The minimum absolute atomic E-state index is 0.142. The molecule has 0 spiro atoms. The summed E-state index contributed by atoms with van der Waals surface area (Å²) in [6.45, 7) is 0. The number of rotatable bonds is 10. The highest BCUT2D eigenvalue weighted by atomic mass is 32.1. The van der Waals surface area contributed by atoms with Gasteiger partial charge in [-0.05, 0) is 97.1 Å². The van der Waals surface area contributed by atoms with Crippen molar-refractivity contribution in [2.75, 3.05) is 0 Å². The van der Waals surface area contributed by atoms with Crippen LogP contribution >= 0.6 is 45.3 Å². The summed E-state index contributed by atoms with van der Waals surface area (Å²) in [5.41, 5.74) is 4.03. The molecule has 0 aliphatic carbocycles. The van der Waals surface area contributed by atoms with Crippen molar-refractivity contribution >= 4 is 115 Å². The minimum Gasteiger partial charge on any atom is -0.354 e. The van der Waals surface area contributed by atoms with Crippen LogP contribution in [-0.4, -0.2) is 19.8 Å². The zero-order chi connectivity index (χ0) is 29.1. The smallest absolute Gasteiger partial charge is 0.324 e. The Labute approximate surface area is 255 Å². The summed E-state index contributed by atoms with van der Waals surface area (Å²) in [4.78, 5) is 33.9. The first-order valence-corrected chi connectivity index (χ1v) is 15.8. The van der Waals surface area contributed by atoms with E-state index in [9.17, 15) is 20.2 Å². The van der Waals surface area contributed by atoms with Crippen LogP contribution in [0.2, 0.25) is 0 Å². The fourth-order valence-electron chi connectivity index (χ4n) is 4.06. The summed E-state index contributed by atoms with van der Waals surface area (Å²) >= 11 is 5.61. The van der Waals surface area contributed by atoms with Crippen LogP contribution in [0.15, 0.2) is 60.7 Å². The molecule has 2 N–H and O–H groups in total. The van der Waals surface area contributed by atoms with E-state index < -0.39 is 0 Å². The van der Waals surface area contributed by atoms with Crippen LogP contribution < -0.4 is 0 Å². The van der Waals surface area contributed by atoms with Crippen LogP contribution in [0.3, 0.4) is 0 Å². The number of hydrogen-bond donors (Lipinski definition) is 2. The molecular formula is C30H20N4O4S4. The van der Waals surface area contributed by atoms with Gasteiger partial charge in [0.15, 0.2) is 0 Å². The van der Waals surface area contributed by atoms with Crippen LogP contribution in [0.5, 0.6) is 0 Å². The molecule has 6 rings (SSSR count). The number of hydrogen-bond acceptors (Lipinski definition) is 8. The van der Waals surface area contributed by atoms with Crippen molar-refractivity contribution < 1.29 is 9.85 Å². The molecule has 0 atom stereocenters. The molecule has 0 saturated carbocycles. The van der Waals surface area contributed by atoms with Gasteiger partial charge < -0.3 is 9.97 Å². The van der Waals surface area contributed by atoms with Gasteiger partial charge in [-0.1, -0.05) is 22.7 Å². The number of aromatic nitrogens is 2. The van der Waals surface area contributed by atoms with Crippen molar-refractivity contribution in [3.8, 4) is 0 Å². The monoisotopic (exact) mass is 628 g/mol. The van der Waals surface area contributed by atoms with Gasteiger partial charge in [0.05, 0.1) is 20.9 Å². The molecule has 6 heterocycles. The lowest BCUT2D eigenvalue weighted by molar-refractivity contribution is -0.380. The Bertz CT molecular complexity index is 1850. The molecular weight excluding hydrogens is 609 g/mol. The number of nitro groups is 2. The SMILES string of the molecule is O=[N+]([O-])c1ccc(/C=C/c2ccc(/C=C/c3cc4[nH]c(/C=C/c5ccc(/C=C/c6ccc([N+](=O)[O-])s6)s5)cc4[nH]3)s2)s1. The number of nitrogens with zero attached hydrogens (tertiary/aromatic N) is 2. The van der Waals surface area contributed by atoms with Gasteiger partial charge in [0, 0.05) is 52.8 Å². The number of aromatic amines is 2. The van der Waals surface area contributed by atoms with E-state index >= 15 is 0 Å². The molecule has 12 heteroatoms. The lowest BCUT2D eigenvalue weighted by atomic mass is 10.3. The third-order valence-electron chi connectivity index (χ3n) is 6.01. The predicted octanol–water partition coefficient (Wildman–Crippen LogP) is 10.2. The molecule has 42 heavy (non-hydrogen) atoms. The third-order valence-corrected chi connectivity index (χ3v) is 10.0.